The zero-order valence-electron chi connectivity index (χ0n) is 12.5. The Kier molecular flexibility index (Phi) is 13.2. The maximum absolute atomic E-state index is 5.57. The van der Waals surface area contributed by atoms with E-state index < -0.39 is 0 Å². The zero-order valence-corrected chi connectivity index (χ0v) is 12.5. The SMILES string of the molecule is COCCCN(CCCC(C)CCN)CCOC. The molecule has 0 spiro atoms. The van der Waals surface area contributed by atoms with Crippen molar-refractivity contribution >= 4 is 0 Å². The Morgan fingerprint density at radius 1 is 0.944 bits per heavy atom. The molecule has 0 saturated heterocycles. The maximum Gasteiger partial charge on any atom is 0.0589 e. The van der Waals surface area contributed by atoms with Gasteiger partial charge in [0.15, 0.2) is 0 Å². The molecule has 0 aliphatic rings. The van der Waals surface area contributed by atoms with Crippen LogP contribution in [-0.4, -0.2) is 58.5 Å². The fourth-order valence-electron chi connectivity index (χ4n) is 2.08. The van der Waals surface area contributed by atoms with Crippen molar-refractivity contribution in [2.45, 2.75) is 32.6 Å². The number of ether oxygens (including phenoxy) is 2. The van der Waals surface area contributed by atoms with Crippen LogP contribution in [-0.2, 0) is 9.47 Å². The Bertz CT molecular complexity index is 168. The Hall–Kier alpha value is -0.160. The first-order valence-corrected chi connectivity index (χ1v) is 7.14. The van der Waals surface area contributed by atoms with Gasteiger partial charge < -0.3 is 20.1 Å². The topological polar surface area (TPSA) is 47.7 Å². The van der Waals surface area contributed by atoms with Crippen LogP contribution >= 0.6 is 0 Å². The van der Waals surface area contributed by atoms with Gasteiger partial charge >= 0.3 is 0 Å². The van der Waals surface area contributed by atoms with Crippen molar-refractivity contribution in [2.24, 2.45) is 11.7 Å². The van der Waals surface area contributed by atoms with E-state index in [1.807, 2.05) is 0 Å². The van der Waals surface area contributed by atoms with Gasteiger partial charge in [-0.2, -0.15) is 0 Å². The van der Waals surface area contributed by atoms with Crippen LogP contribution in [0.25, 0.3) is 0 Å². The second kappa shape index (κ2) is 13.3. The number of nitrogens with zero attached hydrogens (tertiary/aromatic N) is 1. The van der Waals surface area contributed by atoms with Gasteiger partial charge in [-0.15, -0.1) is 0 Å². The standard InChI is InChI=1S/C14H32N2O2/c1-14(7-8-15)6-4-9-16(11-13-18-3)10-5-12-17-2/h14H,4-13,15H2,1-3H3. The second-order valence-corrected chi connectivity index (χ2v) is 5.01. The number of nitrogens with two attached hydrogens (primary N) is 1. The highest BCUT2D eigenvalue weighted by atomic mass is 16.5. The van der Waals surface area contributed by atoms with Crippen LogP contribution in [0.15, 0.2) is 0 Å². The van der Waals surface area contributed by atoms with Gasteiger partial charge in [0.25, 0.3) is 0 Å². The van der Waals surface area contributed by atoms with Gasteiger partial charge in [-0.3, -0.25) is 0 Å². The van der Waals surface area contributed by atoms with E-state index in [9.17, 15) is 0 Å². The highest BCUT2D eigenvalue weighted by molar-refractivity contribution is 4.61. The maximum atomic E-state index is 5.57. The lowest BCUT2D eigenvalue weighted by molar-refractivity contribution is 0.131. The van der Waals surface area contributed by atoms with Crippen molar-refractivity contribution in [2.75, 3.05) is 53.6 Å². The van der Waals surface area contributed by atoms with Crippen LogP contribution < -0.4 is 5.73 Å². The van der Waals surface area contributed by atoms with Gasteiger partial charge in [-0.25, -0.2) is 0 Å². The van der Waals surface area contributed by atoms with Crippen molar-refractivity contribution in [1.82, 2.24) is 4.90 Å². The average Bonchev–Trinajstić information content (AvgIpc) is 2.36. The fraction of sp³-hybridized carbons (Fsp3) is 1.00. The third-order valence-electron chi connectivity index (χ3n) is 3.27. The highest BCUT2D eigenvalue weighted by Crippen LogP contribution is 2.09. The van der Waals surface area contributed by atoms with E-state index in [0.29, 0.717) is 0 Å². The first-order valence-electron chi connectivity index (χ1n) is 7.14. The molecule has 0 radical (unpaired) electrons. The Morgan fingerprint density at radius 3 is 2.22 bits per heavy atom. The first-order chi connectivity index (χ1) is 8.74. The molecule has 0 fully saturated rings. The predicted octanol–water partition coefficient (Wildman–Crippen LogP) is 1.74. The van der Waals surface area contributed by atoms with Crippen LogP contribution in [0.1, 0.15) is 32.6 Å². The molecule has 0 bridgehead atoms. The Morgan fingerprint density at radius 2 is 1.61 bits per heavy atom. The van der Waals surface area contributed by atoms with Crippen molar-refractivity contribution in [1.29, 1.82) is 0 Å². The van der Waals surface area contributed by atoms with Gasteiger partial charge in [0.05, 0.1) is 6.61 Å². The normalized spacial score (nSPS) is 13.2. The summed E-state index contributed by atoms with van der Waals surface area (Å²) in [5.74, 6) is 0.748. The summed E-state index contributed by atoms with van der Waals surface area (Å²) in [5.41, 5.74) is 5.57. The smallest absolute Gasteiger partial charge is 0.0589 e. The molecule has 0 rings (SSSR count). The first kappa shape index (κ1) is 17.8. The van der Waals surface area contributed by atoms with Gasteiger partial charge in [0.1, 0.15) is 0 Å². The average molecular weight is 260 g/mol. The summed E-state index contributed by atoms with van der Waals surface area (Å²) in [6.45, 7) is 8.02. The van der Waals surface area contributed by atoms with E-state index in [2.05, 4.69) is 11.8 Å². The van der Waals surface area contributed by atoms with Gasteiger partial charge in [0, 0.05) is 33.9 Å². The summed E-state index contributed by atoms with van der Waals surface area (Å²) in [6.07, 6.45) is 4.75. The highest BCUT2D eigenvalue weighted by Gasteiger charge is 2.06. The second-order valence-electron chi connectivity index (χ2n) is 5.01. The molecule has 18 heavy (non-hydrogen) atoms. The monoisotopic (exact) mass is 260 g/mol. The predicted molar refractivity (Wildman–Crippen MR) is 76.9 cm³/mol. The molecule has 0 aromatic rings. The van der Waals surface area contributed by atoms with Crippen molar-refractivity contribution in [3.63, 3.8) is 0 Å². The molecule has 0 amide bonds. The minimum Gasteiger partial charge on any atom is -0.385 e. The van der Waals surface area contributed by atoms with Crippen LogP contribution in [0.4, 0.5) is 0 Å². The lowest BCUT2D eigenvalue weighted by atomic mass is 10.0. The van der Waals surface area contributed by atoms with E-state index in [-0.39, 0.29) is 0 Å². The third-order valence-corrected chi connectivity index (χ3v) is 3.27. The third kappa shape index (κ3) is 11.0. The number of hydrogen-bond donors (Lipinski definition) is 1. The van der Waals surface area contributed by atoms with Gasteiger partial charge in [-0.1, -0.05) is 6.92 Å². The Balaban J connectivity index is 3.70. The summed E-state index contributed by atoms with van der Waals surface area (Å²) < 4.78 is 10.3. The summed E-state index contributed by atoms with van der Waals surface area (Å²) in [5, 5.41) is 0. The molecule has 0 saturated carbocycles. The van der Waals surface area contributed by atoms with Crippen LogP contribution in [0.2, 0.25) is 0 Å². The number of hydrogen-bond acceptors (Lipinski definition) is 4. The summed E-state index contributed by atoms with van der Waals surface area (Å²) in [7, 11) is 3.52. The molecule has 0 heterocycles. The molecule has 4 heteroatoms. The van der Waals surface area contributed by atoms with Gasteiger partial charge in [0.2, 0.25) is 0 Å². The van der Waals surface area contributed by atoms with Crippen molar-refractivity contribution in [3.05, 3.63) is 0 Å². The summed E-state index contributed by atoms with van der Waals surface area (Å²) >= 11 is 0. The minimum absolute atomic E-state index is 0.748. The molecule has 1 atom stereocenters. The quantitative estimate of drug-likeness (QED) is 0.512. The fourth-order valence-corrected chi connectivity index (χ4v) is 2.08. The molecule has 2 N–H and O–H groups in total. The van der Waals surface area contributed by atoms with Gasteiger partial charge in [-0.05, 0) is 44.7 Å². The molecule has 0 aromatic carbocycles. The molecule has 0 aliphatic heterocycles. The van der Waals surface area contributed by atoms with Crippen molar-refractivity contribution in [3.8, 4) is 0 Å². The van der Waals surface area contributed by atoms with E-state index in [1.54, 1.807) is 14.2 Å². The van der Waals surface area contributed by atoms with E-state index in [1.165, 1.54) is 12.8 Å². The summed E-state index contributed by atoms with van der Waals surface area (Å²) in [6, 6.07) is 0. The van der Waals surface area contributed by atoms with Crippen molar-refractivity contribution < 1.29 is 9.47 Å². The molecule has 1 unspecified atom stereocenters. The van der Waals surface area contributed by atoms with Crippen LogP contribution in [0.3, 0.4) is 0 Å². The number of methoxy groups -OCH3 is 2. The molecule has 110 valence electrons. The van der Waals surface area contributed by atoms with Crippen LogP contribution in [0.5, 0.6) is 0 Å². The largest absolute Gasteiger partial charge is 0.385 e. The van der Waals surface area contributed by atoms with Crippen LogP contribution in [0, 0.1) is 5.92 Å². The zero-order chi connectivity index (χ0) is 13.6. The molecule has 4 nitrogen and oxygen atoms in total. The minimum atomic E-state index is 0.748. The molecule has 0 aliphatic carbocycles. The molecular formula is C14H32N2O2. The lowest BCUT2D eigenvalue weighted by Gasteiger charge is -2.22. The summed E-state index contributed by atoms with van der Waals surface area (Å²) in [4.78, 5) is 2.47. The van der Waals surface area contributed by atoms with E-state index in [0.717, 1.165) is 58.2 Å². The van der Waals surface area contributed by atoms with E-state index >= 15 is 0 Å². The molecule has 0 aromatic heterocycles. The van der Waals surface area contributed by atoms with E-state index in [4.69, 9.17) is 15.2 Å². The molecular weight excluding hydrogens is 228 g/mol. The Labute approximate surface area is 113 Å². The number of rotatable bonds is 13. The lowest BCUT2D eigenvalue weighted by Crippen LogP contribution is -2.30.